The van der Waals surface area contributed by atoms with E-state index in [2.05, 4.69) is 58.4 Å². The second-order valence-electron chi connectivity index (χ2n) is 8.54. The zero-order chi connectivity index (χ0) is 23.3. The largest absolute Gasteiger partial charge is 0.492 e. The lowest BCUT2D eigenvalue weighted by atomic mass is 9.92. The predicted octanol–water partition coefficient (Wildman–Crippen LogP) is 5.90. The van der Waals surface area contributed by atoms with E-state index in [1.54, 1.807) is 6.20 Å². The molecule has 0 aliphatic carbocycles. The molecule has 2 heterocycles. The molecule has 1 atom stereocenters. The van der Waals surface area contributed by atoms with Gasteiger partial charge in [-0.05, 0) is 35.2 Å². The molecule has 0 saturated heterocycles. The van der Waals surface area contributed by atoms with E-state index in [-0.39, 0.29) is 11.9 Å². The highest BCUT2D eigenvalue weighted by molar-refractivity contribution is 5.70. The van der Waals surface area contributed by atoms with E-state index in [4.69, 9.17) is 9.47 Å². The average molecular weight is 455 g/mol. The second-order valence-corrected chi connectivity index (χ2v) is 8.54. The predicted molar refractivity (Wildman–Crippen MR) is 131 cm³/mol. The van der Waals surface area contributed by atoms with E-state index in [0.29, 0.717) is 6.61 Å². The van der Waals surface area contributed by atoms with Gasteiger partial charge in [-0.2, -0.15) is 0 Å². The average Bonchev–Trinajstić information content (AvgIpc) is 2.89. The summed E-state index contributed by atoms with van der Waals surface area (Å²) in [5.74, 6) is 0.379. The van der Waals surface area contributed by atoms with Crippen molar-refractivity contribution in [2.24, 2.45) is 0 Å². The van der Waals surface area contributed by atoms with Crippen molar-refractivity contribution in [2.75, 3.05) is 13.7 Å². The van der Waals surface area contributed by atoms with Crippen molar-refractivity contribution in [2.45, 2.75) is 25.6 Å². The van der Waals surface area contributed by atoms with Crippen LogP contribution in [0, 0.1) is 5.82 Å². The van der Waals surface area contributed by atoms with Crippen LogP contribution in [0.4, 0.5) is 4.39 Å². The fourth-order valence-electron chi connectivity index (χ4n) is 4.57. The third kappa shape index (κ3) is 4.80. The molecule has 1 aromatic heterocycles. The zero-order valence-corrected chi connectivity index (χ0v) is 19.2. The van der Waals surface area contributed by atoms with E-state index in [9.17, 15) is 4.39 Å². The number of halogens is 1. The van der Waals surface area contributed by atoms with Crippen LogP contribution in [0.2, 0.25) is 0 Å². The Morgan fingerprint density at radius 1 is 0.941 bits per heavy atom. The van der Waals surface area contributed by atoms with Crippen LogP contribution in [0.5, 0.6) is 11.6 Å². The Morgan fingerprint density at radius 2 is 1.62 bits per heavy atom. The molecule has 0 unspecified atom stereocenters. The Kier molecular flexibility index (Phi) is 6.54. The molecular weight excluding hydrogens is 427 g/mol. The third-order valence-electron chi connectivity index (χ3n) is 6.29. The van der Waals surface area contributed by atoms with Crippen LogP contribution in [-0.2, 0) is 19.5 Å². The monoisotopic (exact) mass is 454 g/mol. The number of fused-ring (bicyclic) bond motifs is 1. The van der Waals surface area contributed by atoms with Crippen molar-refractivity contribution in [1.29, 1.82) is 0 Å². The van der Waals surface area contributed by atoms with Crippen LogP contribution in [-0.4, -0.2) is 29.6 Å². The topological polar surface area (TPSA) is 34.6 Å². The first-order valence-corrected chi connectivity index (χ1v) is 11.5. The molecule has 4 nitrogen and oxygen atoms in total. The van der Waals surface area contributed by atoms with Crippen molar-refractivity contribution in [3.05, 3.63) is 114 Å². The highest BCUT2D eigenvalue weighted by atomic mass is 19.1. The van der Waals surface area contributed by atoms with Gasteiger partial charge in [-0.1, -0.05) is 72.8 Å². The summed E-state index contributed by atoms with van der Waals surface area (Å²) >= 11 is 0. The number of nitrogens with zero attached hydrogens (tertiary/aromatic N) is 2. The van der Waals surface area contributed by atoms with Crippen molar-refractivity contribution in [3.8, 4) is 22.8 Å². The number of ether oxygens (including phenoxy) is 2. The minimum atomic E-state index is -0.472. The lowest BCUT2D eigenvalue weighted by Gasteiger charge is -2.36. The molecule has 0 N–H and O–H groups in total. The van der Waals surface area contributed by atoms with E-state index in [1.807, 2.05) is 30.3 Å². The number of hydrogen-bond donors (Lipinski definition) is 0. The summed E-state index contributed by atoms with van der Waals surface area (Å²) in [4.78, 5) is 6.61. The summed E-state index contributed by atoms with van der Waals surface area (Å²) in [5.41, 5.74) is 5.27. The molecule has 4 aromatic rings. The Balaban J connectivity index is 1.46. The molecule has 0 amide bonds. The normalized spacial score (nSPS) is 15.0. The van der Waals surface area contributed by atoms with Crippen LogP contribution >= 0.6 is 0 Å². The molecule has 0 fully saturated rings. The van der Waals surface area contributed by atoms with Gasteiger partial charge < -0.3 is 9.47 Å². The number of aromatic nitrogens is 1. The molecule has 5 heteroatoms. The quantitative estimate of drug-likeness (QED) is 0.348. The first kappa shape index (κ1) is 22.1. The van der Waals surface area contributed by atoms with Gasteiger partial charge in [-0.25, -0.2) is 9.37 Å². The summed E-state index contributed by atoms with van der Waals surface area (Å²) in [5, 5.41) is 0. The van der Waals surface area contributed by atoms with Crippen LogP contribution in [0.25, 0.3) is 11.1 Å². The summed E-state index contributed by atoms with van der Waals surface area (Å²) in [7, 11) is 1.42. The van der Waals surface area contributed by atoms with Crippen molar-refractivity contribution >= 4 is 0 Å². The molecule has 5 rings (SSSR count). The Morgan fingerprint density at radius 3 is 2.24 bits per heavy atom. The Bertz CT molecular complexity index is 1210. The Hall–Kier alpha value is -3.70. The number of methoxy groups -OCH3 is 1. The molecule has 0 spiro atoms. The molecule has 0 bridgehead atoms. The zero-order valence-electron chi connectivity index (χ0n) is 19.2. The molecule has 34 heavy (non-hydrogen) atoms. The lowest BCUT2D eigenvalue weighted by Crippen LogP contribution is -2.42. The molecule has 1 aliphatic heterocycles. The van der Waals surface area contributed by atoms with Gasteiger partial charge in [0.05, 0.1) is 7.11 Å². The number of rotatable bonds is 7. The van der Waals surface area contributed by atoms with Crippen LogP contribution in [0.1, 0.15) is 16.7 Å². The first-order chi connectivity index (χ1) is 16.7. The van der Waals surface area contributed by atoms with Gasteiger partial charge in [-0.15, -0.1) is 0 Å². The Labute approximate surface area is 199 Å². The fourth-order valence-corrected chi connectivity index (χ4v) is 4.57. The molecular formula is C29H27FN2O2. The highest BCUT2D eigenvalue weighted by Crippen LogP contribution is 2.36. The maximum absolute atomic E-state index is 14.4. The molecule has 1 aliphatic rings. The SMILES string of the molecule is COc1ncc(-c2cccc3c2C[C@H](N(Cc2ccccc2)Cc2ccccc2)CO3)cc1F. The van der Waals surface area contributed by atoms with Gasteiger partial charge in [0.15, 0.2) is 5.82 Å². The summed E-state index contributed by atoms with van der Waals surface area (Å²) in [6, 6.07) is 28.6. The van der Waals surface area contributed by atoms with Gasteiger partial charge in [-0.3, -0.25) is 4.90 Å². The molecule has 172 valence electrons. The molecule has 3 aromatic carbocycles. The van der Waals surface area contributed by atoms with Crippen LogP contribution in [0.3, 0.4) is 0 Å². The third-order valence-corrected chi connectivity index (χ3v) is 6.29. The minimum absolute atomic E-state index is 0.000396. The summed E-state index contributed by atoms with van der Waals surface area (Å²) < 4.78 is 25.7. The maximum Gasteiger partial charge on any atom is 0.250 e. The van der Waals surface area contributed by atoms with Gasteiger partial charge in [0, 0.05) is 36.5 Å². The van der Waals surface area contributed by atoms with Crippen LogP contribution < -0.4 is 9.47 Å². The number of pyridine rings is 1. The smallest absolute Gasteiger partial charge is 0.250 e. The minimum Gasteiger partial charge on any atom is -0.492 e. The fraction of sp³-hybridized carbons (Fsp3) is 0.207. The van der Waals surface area contributed by atoms with Crippen LogP contribution in [0.15, 0.2) is 91.1 Å². The highest BCUT2D eigenvalue weighted by Gasteiger charge is 2.28. The molecule has 0 radical (unpaired) electrons. The van der Waals surface area contributed by atoms with E-state index >= 15 is 0 Å². The van der Waals surface area contributed by atoms with E-state index in [0.717, 1.165) is 42.0 Å². The van der Waals surface area contributed by atoms with Gasteiger partial charge in [0.25, 0.3) is 0 Å². The standard InChI is InChI=1S/C29H27FN2O2/c1-33-29-27(30)15-23(17-31-29)25-13-8-14-28-26(25)16-24(20-34-28)32(18-21-9-4-2-5-10-21)19-22-11-6-3-7-12-22/h2-15,17,24H,16,18-20H2,1H3/t24-/m0/s1. The van der Waals surface area contributed by atoms with E-state index in [1.165, 1.54) is 24.3 Å². The van der Waals surface area contributed by atoms with Gasteiger partial charge in [0.1, 0.15) is 12.4 Å². The first-order valence-electron chi connectivity index (χ1n) is 11.5. The maximum atomic E-state index is 14.4. The number of hydrogen-bond acceptors (Lipinski definition) is 4. The van der Waals surface area contributed by atoms with E-state index < -0.39 is 5.82 Å². The van der Waals surface area contributed by atoms with Crippen molar-refractivity contribution in [3.63, 3.8) is 0 Å². The second kappa shape index (κ2) is 10.1. The lowest BCUT2D eigenvalue weighted by molar-refractivity contribution is 0.106. The summed E-state index contributed by atoms with van der Waals surface area (Å²) in [6.45, 7) is 2.24. The van der Waals surface area contributed by atoms with Crippen molar-refractivity contribution in [1.82, 2.24) is 9.88 Å². The summed E-state index contributed by atoms with van der Waals surface area (Å²) in [6.07, 6.45) is 2.46. The number of benzene rings is 3. The van der Waals surface area contributed by atoms with Gasteiger partial charge in [0.2, 0.25) is 5.88 Å². The van der Waals surface area contributed by atoms with Gasteiger partial charge >= 0.3 is 0 Å². The van der Waals surface area contributed by atoms with Crippen molar-refractivity contribution < 1.29 is 13.9 Å². The molecule has 0 saturated carbocycles.